The second-order valence-corrected chi connectivity index (χ2v) is 5.50. The number of rotatable bonds is 6. The predicted octanol–water partition coefficient (Wildman–Crippen LogP) is 1.84. The van der Waals surface area contributed by atoms with E-state index in [4.69, 9.17) is 4.55 Å². The van der Waals surface area contributed by atoms with Crippen molar-refractivity contribution in [2.45, 2.75) is 6.42 Å². The summed E-state index contributed by atoms with van der Waals surface area (Å²) in [4.78, 5) is 0. The average molecular weight is 269 g/mol. The Morgan fingerprint density at radius 2 is 2.06 bits per heavy atom. The number of anilines is 1. The highest BCUT2D eigenvalue weighted by molar-refractivity contribution is 7.85. The maximum Gasteiger partial charge on any atom is 0.265 e. The van der Waals surface area contributed by atoms with Gasteiger partial charge in [-0.1, -0.05) is 18.2 Å². The van der Waals surface area contributed by atoms with Gasteiger partial charge >= 0.3 is 0 Å². The maximum absolute atomic E-state index is 10.6. The monoisotopic (exact) mass is 269 g/mol. The average Bonchev–Trinajstić information content (AvgIpc) is 2.27. The largest absolute Gasteiger partial charge is 0.286 e. The van der Waals surface area contributed by atoms with Gasteiger partial charge in [-0.3, -0.25) is 9.56 Å². The summed E-state index contributed by atoms with van der Waals surface area (Å²) >= 11 is 0. The molecule has 99 valence electrons. The minimum atomic E-state index is -3.96. The molecule has 0 fully saturated rings. The number of hydrazone groups is 1. The van der Waals surface area contributed by atoms with Crippen LogP contribution in [0.1, 0.15) is 6.42 Å². The van der Waals surface area contributed by atoms with Crippen molar-refractivity contribution in [3.8, 4) is 0 Å². The van der Waals surface area contributed by atoms with E-state index >= 15 is 0 Å². The van der Waals surface area contributed by atoms with Crippen LogP contribution in [0.2, 0.25) is 0 Å². The standard InChI is InChI=1S/C12H17N2O3S/c1-11(10-18(15,16)17)8-9-13-14(2)12-6-4-3-5-7-12/h3-7,9,11H,1,8,10H2,2H3,(H,15,16,17). The minimum Gasteiger partial charge on any atom is -0.286 e. The van der Waals surface area contributed by atoms with E-state index in [1.54, 1.807) is 18.3 Å². The summed E-state index contributed by atoms with van der Waals surface area (Å²) in [6.07, 6.45) is 1.98. The summed E-state index contributed by atoms with van der Waals surface area (Å²) in [5, 5.41) is 5.84. The molecule has 0 aliphatic heterocycles. The Balaban J connectivity index is 2.46. The normalized spacial score (nSPS) is 13.7. The van der Waals surface area contributed by atoms with Crippen LogP contribution in [0.3, 0.4) is 0 Å². The number of nitrogens with zero attached hydrogens (tertiary/aromatic N) is 2. The van der Waals surface area contributed by atoms with Crippen LogP contribution in [0.4, 0.5) is 5.69 Å². The molecule has 1 aromatic rings. The molecule has 1 rings (SSSR count). The van der Waals surface area contributed by atoms with Gasteiger partial charge < -0.3 is 0 Å². The van der Waals surface area contributed by atoms with Crippen molar-refractivity contribution in [3.63, 3.8) is 0 Å². The molecule has 0 saturated carbocycles. The maximum atomic E-state index is 10.6. The zero-order valence-electron chi connectivity index (χ0n) is 10.2. The van der Waals surface area contributed by atoms with E-state index in [9.17, 15) is 8.42 Å². The fraction of sp³-hybridized carbons (Fsp3) is 0.333. The first-order valence-electron chi connectivity index (χ1n) is 5.48. The third kappa shape index (κ3) is 5.79. The second kappa shape index (κ2) is 6.51. The first-order valence-corrected chi connectivity index (χ1v) is 7.09. The highest BCUT2D eigenvalue weighted by Crippen LogP contribution is 2.11. The molecule has 0 heterocycles. The Hall–Kier alpha value is -1.40. The number of para-hydroxylation sites is 1. The molecule has 1 atom stereocenters. The summed E-state index contributed by atoms with van der Waals surface area (Å²) in [6.45, 7) is 3.64. The fourth-order valence-corrected chi connectivity index (χ4v) is 2.13. The summed E-state index contributed by atoms with van der Waals surface area (Å²) in [6, 6.07) is 9.56. The van der Waals surface area contributed by atoms with E-state index in [0.29, 0.717) is 6.42 Å². The molecule has 0 aromatic heterocycles. The Morgan fingerprint density at radius 1 is 1.44 bits per heavy atom. The van der Waals surface area contributed by atoms with E-state index in [1.165, 1.54) is 0 Å². The Labute approximate surface area is 108 Å². The van der Waals surface area contributed by atoms with Gasteiger partial charge in [0, 0.05) is 13.3 Å². The van der Waals surface area contributed by atoms with Gasteiger partial charge in [-0.25, -0.2) is 0 Å². The van der Waals surface area contributed by atoms with Crippen molar-refractivity contribution in [1.82, 2.24) is 0 Å². The summed E-state index contributed by atoms with van der Waals surface area (Å²) < 4.78 is 29.9. The van der Waals surface area contributed by atoms with Crippen molar-refractivity contribution in [1.29, 1.82) is 0 Å². The lowest BCUT2D eigenvalue weighted by Gasteiger charge is -2.12. The smallest absolute Gasteiger partial charge is 0.265 e. The molecule has 0 bridgehead atoms. The van der Waals surface area contributed by atoms with Crippen molar-refractivity contribution < 1.29 is 13.0 Å². The van der Waals surface area contributed by atoms with Gasteiger partial charge in [0.15, 0.2) is 0 Å². The molecular formula is C12H17N2O3S. The summed E-state index contributed by atoms with van der Waals surface area (Å²) in [5.74, 6) is -0.762. The number of hydrogen-bond acceptors (Lipinski definition) is 4. The molecule has 0 saturated heterocycles. The molecule has 0 aliphatic carbocycles. The molecule has 1 aromatic carbocycles. The van der Waals surface area contributed by atoms with Crippen LogP contribution in [0, 0.1) is 12.8 Å². The molecule has 0 spiro atoms. The molecule has 18 heavy (non-hydrogen) atoms. The predicted molar refractivity (Wildman–Crippen MR) is 73.2 cm³/mol. The molecule has 5 nitrogen and oxygen atoms in total. The van der Waals surface area contributed by atoms with Crippen molar-refractivity contribution in [3.05, 3.63) is 37.3 Å². The van der Waals surface area contributed by atoms with E-state index in [2.05, 4.69) is 12.0 Å². The third-order valence-corrected chi connectivity index (χ3v) is 3.16. The fourth-order valence-electron chi connectivity index (χ4n) is 1.39. The molecule has 0 aliphatic rings. The lowest BCUT2D eigenvalue weighted by molar-refractivity contribution is 0.475. The quantitative estimate of drug-likeness (QED) is 0.486. The van der Waals surface area contributed by atoms with Gasteiger partial charge in [-0.05, 0) is 31.4 Å². The van der Waals surface area contributed by atoms with Gasteiger partial charge in [0.05, 0.1) is 11.4 Å². The molecule has 1 radical (unpaired) electrons. The van der Waals surface area contributed by atoms with E-state index < -0.39 is 16.0 Å². The van der Waals surface area contributed by atoms with Crippen LogP contribution in [-0.2, 0) is 10.1 Å². The number of hydrogen-bond donors (Lipinski definition) is 1. The summed E-state index contributed by atoms with van der Waals surface area (Å²) in [5.41, 5.74) is 0.934. The van der Waals surface area contributed by atoms with E-state index in [1.807, 2.05) is 30.3 Å². The Morgan fingerprint density at radius 3 is 2.61 bits per heavy atom. The zero-order valence-corrected chi connectivity index (χ0v) is 11.0. The lowest BCUT2D eigenvalue weighted by atomic mass is 10.1. The summed E-state index contributed by atoms with van der Waals surface area (Å²) in [7, 11) is -2.17. The van der Waals surface area contributed by atoms with Crippen LogP contribution in [-0.4, -0.2) is 32.0 Å². The van der Waals surface area contributed by atoms with Gasteiger partial charge in [0.1, 0.15) is 0 Å². The first kappa shape index (κ1) is 14.7. The molecule has 6 heteroatoms. The van der Waals surface area contributed by atoms with Gasteiger partial charge in [0.25, 0.3) is 10.1 Å². The number of benzene rings is 1. The minimum absolute atomic E-state index is 0.353. The van der Waals surface area contributed by atoms with Crippen molar-refractivity contribution in [2.75, 3.05) is 17.8 Å². The lowest BCUT2D eigenvalue weighted by Crippen LogP contribution is -2.14. The Bertz CT molecular complexity index is 485. The van der Waals surface area contributed by atoms with Crippen LogP contribution in [0.25, 0.3) is 0 Å². The van der Waals surface area contributed by atoms with Gasteiger partial charge in [-0.15, -0.1) is 0 Å². The SMILES string of the molecule is [CH2]C(CC=NN(C)c1ccccc1)CS(=O)(=O)O. The highest BCUT2D eigenvalue weighted by Gasteiger charge is 2.11. The third-order valence-electron chi connectivity index (χ3n) is 2.27. The zero-order chi connectivity index (χ0) is 13.6. The van der Waals surface area contributed by atoms with Gasteiger partial charge in [0.2, 0.25) is 0 Å². The van der Waals surface area contributed by atoms with Crippen molar-refractivity contribution in [2.24, 2.45) is 11.0 Å². The van der Waals surface area contributed by atoms with Crippen LogP contribution in [0.15, 0.2) is 35.4 Å². The van der Waals surface area contributed by atoms with Gasteiger partial charge in [-0.2, -0.15) is 13.5 Å². The first-order chi connectivity index (χ1) is 8.38. The Kier molecular flexibility index (Phi) is 5.30. The molecule has 1 unspecified atom stereocenters. The molecule has 1 N–H and O–H groups in total. The van der Waals surface area contributed by atoms with Crippen molar-refractivity contribution >= 4 is 22.0 Å². The van der Waals surface area contributed by atoms with E-state index in [0.717, 1.165) is 5.69 Å². The highest BCUT2D eigenvalue weighted by atomic mass is 32.2. The van der Waals surface area contributed by atoms with Crippen LogP contribution < -0.4 is 5.01 Å². The topological polar surface area (TPSA) is 70.0 Å². The van der Waals surface area contributed by atoms with E-state index in [-0.39, 0.29) is 5.75 Å². The molecular weight excluding hydrogens is 252 g/mol. The van der Waals surface area contributed by atoms with Crippen LogP contribution in [0.5, 0.6) is 0 Å². The molecule has 0 amide bonds. The second-order valence-electron chi connectivity index (χ2n) is 4.01. The van der Waals surface area contributed by atoms with Crippen LogP contribution >= 0.6 is 0 Å².